The SMILES string of the molecule is CC(=O)c1ccc(N2CCN(C(=O)c3cccc(NC(=O)CCCc4cccs4)c3)CC2)c(F)c1. The maximum Gasteiger partial charge on any atom is 0.254 e. The highest BCUT2D eigenvalue weighted by Crippen LogP contribution is 2.23. The maximum absolute atomic E-state index is 14.5. The molecule has 1 aromatic heterocycles. The molecule has 1 fully saturated rings. The summed E-state index contributed by atoms with van der Waals surface area (Å²) >= 11 is 1.69. The van der Waals surface area contributed by atoms with E-state index >= 15 is 0 Å². The van der Waals surface area contributed by atoms with Gasteiger partial charge in [0.1, 0.15) is 5.82 Å². The Morgan fingerprint density at radius 3 is 2.46 bits per heavy atom. The molecule has 1 aliphatic heterocycles. The van der Waals surface area contributed by atoms with Crippen molar-refractivity contribution in [2.24, 2.45) is 0 Å². The Bertz CT molecular complexity index is 1200. The van der Waals surface area contributed by atoms with Gasteiger partial charge in [-0.05, 0) is 67.6 Å². The highest BCUT2D eigenvalue weighted by Gasteiger charge is 2.24. The summed E-state index contributed by atoms with van der Waals surface area (Å²) in [7, 11) is 0. The van der Waals surface area contributed by atoms with Gasteiger partial charge in [-0.3, -0.25) is 14.4 Å². The number of carbonyl (C=O) groups is 3. The largest absolute Gasteiger partial charge is 0.366 e. The lowest BCUT2D eigenvalue weighted by Gasteiger charge is -2.36. The Morgan fingerprint density at radius 1 is 0.971 bits per heavy atom. The minimum absolute atomic E-state index is 0.0717. The molecule has 1 saturated heterocycles. The van der Waals surface area contributed by atoms with E-state index in [1.165, 1.54) is 17.9 Å². The minimum Gasteiger partial charge on any atom is -0.366 e. The molecule has 2 aromatic carbocycles. The van der Waals surface area contributed by atoms with E-state index < -0.39 is 5.82 Å². The number of thiophene rings is 1. The molecule has 0 aliphatic carbocycles. The first-order chi connectivity index (χ1) is 16.9. The predicted octanol–water partition coefficient (Wildman–Crippen LogP) is 5.01. The van der Waals surface area contributed by atoms with Crippen LogP contribution < -0.4 is 10.2 Å². The van der Waals surface area contributed by atoms with Crippen molar-refractivity contribution in [1.82, 2.24) is 4.90 Å². The summed E-state index contributed by atoms with van der Waals surface area (Å²) < 4.78 is 14.5. The van der Waals surface area contributed by atoms with Gasteiger partial charge in [-0.1, -0.05) is 12.1 Å². The second kappa shape index (κ2) is 11.3. The quantitative estimate of drug-likeness (QED) is 0.448. The number of amides is 2. The van der Waals surface area contributed by atoms with Crippen molar-refractivity contribution in [3.63, 3.8) is 0 Å². The summed E-state index contributed by atoms with van der Waals surface area (Å²) in [5.74, 6) is -0.803. The molecule has 0 atom stereocenters. The lowest BCUT2D eigenvalue weighted by atomic mass is 10.1. The molecule has 0 spiro atoms. The zero-order chi connectivity index (χ0) is 24.8. The zero-order valence-corrected chi connectivity index (χ0v) is 20.4. The van der Waals surface area contributed by atoms with Crippen LogP contribution in [0.4, 0.5) is 15.8 Å². The zero-order valence-electron chi connectivity index (χ0n) is 19.6. The van der Waals surface area contributed by atoms with Gasteiger partial charge in [-0.2, -0.15) is 0 Å². The fraction of sp³-hybridized carbons (Fsp3) is 0.296. The molecule has 3 aromatic rings. The second-order valence-corrected chi connectivity index (χ2v) is 9.60. The standard InChI is InChI=1S/C27H28FN3O3S/c1-19(32)20-10-11-25(24(28)18-20)30-12-14-31(15-13-30)27(34)21-5-2-6-22(17-21)29-26(33)9-3-7-23-8-4-16-35-23/h2,4-6,8,10-11,16-18H,3,7,9,12-15H2,1H3,(H,29,33). The Hall–Kier alpha value is -3.52. The summed E-state index contributed by atoms with van der Waals surface area (Å²) in [5, 5.41) is 4.92. The number of carbonyl (C=O) groups excluding carboxylic acids is 3. The summed E-state index contributed by atoms with van der Waals surface area (Å²) in [6, 6.07) is 15.6. The average molecular weight is 494 g/mol. The molecule has 182 valence electrons. The predicted molar refractivity (Wildman–Crippen MR) is 137 cm³/mol. The van der Waals surface area contributed by atoms with E-state index in [2.05, 4.69) is 11.4 Å². The molecule has 8 heteroatoms. The molecule has 0 radical (unpaired) electrons. The Kier molecular flexibility index (Phi) is 7.92. The van der Waals surface area contributed by atoms with Crippen molar-refractivity contribution in [3.05, 3.63) is 81.8 Å². The molecule has 2 amide bonds. The average Bonchev–Trinajstić information content (AvgIpc) is 3.37. The first-order valence-electron chi connectivity index (χ1n) is 11.7. The number of halogens is 1. The lowest BCUT2D eigenvalue weighted by Crippen LogP contribution is -2.49. The third-order valence-electron chi connectivity index (χ3n) is 6.06. The van der Waals surface area contributed by atoms with Gasteiger partial charge in [0, 0.05) is 54.3 Å². The van der Waals surface area contributed by atoms with Crippen LogP contribution in [0.3, 0.4) is 0 Å². The second-order valence-electron chi connectivity index (χ2n) is 8.56. The van der Waals surface area contributed by atoms with E-state index in [0.29, 0.717) is 55.1 Å². The third kappa shape index (κ3) is 6.33. The number of hydrogen-bond acceptors (Lipinski definition) is 5. The van der Waals surface area contributed by atoms with E-state index in [1.807, 2.05) is 16.3 Å². The number of rotatable bonds is 8. The molecule has 1 aliphatic rings. The smallest absolute Gasteiger partial charge is 0.254 e. The van der Waals surface area contributed by atoms with Crippen molar-refractivity contribution in [1.29, 1.82) is 0 Å². The van der Waals surface area contributed by atoms with Gasteiger partial charge in [0.2, 0.25) is 5.91 Å². The number of Topliss-reactive ketones (excluding diaryl/α,β-unsaturated/α-hetero) is 1. The highest BCUT2D eigenvalue weighted by molar-refractivity contribution is 7.09. The molecule has 0 unspecified atom stereocenters. The van der Waals surface area contributed by atoms with Gasteiger partial charge >= 0.3 is 0 Å². The molecule has 2 heterocycles. The summed E-state index contributed by atoms with van der Waals surface area (Å²) in [6.45, 7) is 3.29. The number of hydrogen-bond donors (Lipinski definition) is 1. The fourth-order valence-corrected chi connectivity index (χ4v) is 4.90. The van der Waals surface area contributed by atoms with Gasteiger partial charge in [0.15, 0.2) is 5.78 Å². The van der Waals surface area contributed by atoms with Crippen LogP contribution in [0.25, 0.3) is 0 Å². The maximum atomic E-state index is 14.5. The molecule has 0 bridgehead atoms. The van der Waals surface area contributed by atoms with Crippen molar-refractivity contribution in [2.45, 2.75) is 26.2 Å². The monoisotopic (exact) mass is 493 g/mol. The molecular formula is C27H28FN3O3S. The molecule has 0 saturated carbocycles. The fourth-order valence-electron chi connectivity index (χ4n) is 4.15. The Morgan fingerprint density at radius 2 is 1.77 bits per heavy atom. The van der Waals surface area contributed by atoms with Gasteiger partial charge < -0.3 is 15.1 Å². The van der Waals surface area contributed by atoms with Crippen LogP contribution in [0.2, 0.25) is 0 Å². The number of aryl methyl sites for hydroxylation is 1. The summed E-state index contributed by atoms with van der Waals surface area (Å²) in [6.07, 6.45) is 2.07. The highest BCUT2D eigenvalue weighted by atomic mass is 32.1. The number of nitrogens with zero attached hydrogens (tertiary/aromatic N) is 2. The van der Waals surface area contributed by atoms with Crippen LogP contribution >= 0.6 is 11.3 Å². The van der Waals surface area contributed by atoms with Crippen LogP contribution in [0, 0.1) is 5.82 Å². The van der Waals surface area contributed by atoms with Crippen molar-refractivity contribution >= 4 is 40.3 Å². The lowest BCUT2D eigenvalue weighted by molar-refractivity contribution is -0.116. The van der Waals surface area contributed by atoms with Crippen molar-refractivity contribution in [2.75, 3.05) is 36.4 Å². The number of benzene rings is 2. The molecule has 35 heavy (non-hydrogen) atoms. The van der Waals surface area contributed by atoms with Crippen LogP contribution in [0.5, 0.6) is 0 Å². The van der Waals surface area contributed by atoms with Gasteiger partial charge in [-0.15, -0.1) is 11.3 Å². The Labute approximate surface area is 208 Å². The molecule has 4 rings (SSSR count). The normalized spacial score (nSPS) is 13.5. The number of anilines is 2. The summed E-state index contributed by atoms with van der Waals surface area (Å²) in [5.41, 5.74) is 1.88. The third-order valence-corrected chi connectivity index (χ3v) is 7.00. The number of ketones is 1. The molecule has 6 nitrogen and oxygen atoms in total. The number of nitrogens with one attached hydrogen (secondary N) is 1. The van der Waals surface area contributed by atoms with E-state index in [-0.39, 0.29) is 17.6 Å². The van der Waals surface area contributed by atoms with E-state index in [0.717, 1.165) is 12.8 Å². The van der Waals surface area contributed by atoms with E-state index in [4.69, 9.17) is 0 Å². The molecule has 1 N–H and O–H groups in total. The van der Waals surface area contributed by atoms with Crippen LogP contribution in [-0.4, -0.2) is 48.7 Å². The van der Waals surface area contributed by atoms with Crippen LogP contribution in [0.15, 0.2) is 60.0 Å². The molecular weight excluding hydrogens is 465 g/mol. The minimum atomic E-state index is -0.434. The van der Waals surface area contributed by atoms with Crippen molar-refractivity contribution < 1.29 is 18.8 Å². The van der Waals surface area contributed by atoms with E-state index in [9.17, 15) is 18.8 Å². The van der Waals surface area contributed by atoms with Crippen molar-refractivity contribution in [3.8, 4) is 0 Å². The summed E-state index contributed by atoms with van der Waals surface area (Å²) in [4.78, 5) is 41.7. The first kappa shape index (κ1) is 24.6. The van der Waals surface area contributed by atoms with Gasteiger partial charge in [0.25, 0.3) is 5.91 Å². The van der Waals surface area contributed by atoms with Gasteiger partial charge in [0.05, 0.1) is 5.69 Å². The van der Waals surface area contributed by atoms with Crippen LogP contribution in [-0.2, 0) is 11.2 Å². The van der Waals surface area contributed by atoms with Gasteiger partial charge in [-0.25, -0.2) is 4.39 Å². The van der Waals surface area contributed by atoms with Crippen LogP contribution in [0.1, 0.15) is 45.4 Å². The Balaban J connectivity index is 1.30. The van der Waals surface area contributed by atoms with E-state index in [1.54, 1.807) is 52.6 Å². The first-order valence-corrected chi connectivity index (χ1v) is 12.6. The topological polar surface area (TPSA) is 69.7 Å². The number of piperazine rings is 1.